The molecule has 0 aliphatic carbocycles. The highest BCUT2D eigenvalue weighted by Crippen LogP contribution is 2.18. The van der Waals surface area contributed by atoms with E-state index in [-0.39, 0.29) is 5.56 Å². The highest BCUT2D eigenvalue weighted by Gasteiger charge is 2.13. The molecule has 17 heavy (non-hydrogen) atoms. The number of carbonyl (C=O) groups is 1. The number of rotatable bonds is 4. The third-order valence-corrected chi connectivity index (χ3v) is 2.50. The maximum Gasteiger partial charge on any atom is 0.339 e. The van der Waals surface area contributed by atoms with E-state index in [2.05, 4.69) is 0 Å². The summed E-state index contributed by atoms with van der Waals surface area (Å²) in [6.07, 6.45) is 1.85. The van der Waals surface area contributed by atoms with Gasteiger partial charge in [0.15, 0.2) is 0 Å². The maximum absolute atomic E-state index is 10.9. The molecule has 1 aromatic carbocycles. The van der Waals surface area contributed by atoms with Crippen molar-refractivity contribution in [3.8, 4) is 5.75 Å². The first-order chi connectivity index (χ1) is 8.20. The summed E-state index contributed by atoms with van der Waals surface area (Å²) in [6, 6.07) is 8.89. The minimum atomic E-state index is -0.970. The van der Waals surface area contributed by atoms with Crippen LogP contribution in [0.5, 0.6) is 5.75 Å². The zero-order valence-electron chi connectivity index (χ0n) is 9.34. The molecule has 0 saturated heterocycles. The van der Waals surface area contributed by atoms with E-state index in [1.165, 1.54) is 12.3 Å². The van der Waals surface area contributed by atoms with Gasteiger partial charge in [-0.1, -0.05) is 12.1 Å². The van der Waals surface area contributed by atoms with Crippen LogP contribution in [0.2, 0.25) is 0 Å². The summed E-state index contributed by atoms with van der Waals surface area (Å²) >= 11 is 0. The molecular weight excluding hydrogens is 220 g/mol. The molecule has 0 radical (unpaired) electrons. The average molecular weight is 232 g/mol. The molecule has 0 spiro atoms. The first kappa shape index (κ1) is 11.3. The van der Waals surface area contributed by atoms with Gasteiger partial charge < -0.3 is 14.3 Å². The number of furan rings is 1. The van der Waals surface area contributed by atoms with Crippen LogP contribution in [0.25, 0.3) is 0 Å². The van der Waals surface area contributed by atoms with Crippen LogP contribution in [0.4, 0.5) is 0 Å². The lowest BCUT2D eigenvalue weighted by molar-refractivity contribution is 0.0694. The lowest BCUT2D eigenvalue weighted by atomic mass is 10.1. The van der Waals surface area contributed by atoms with Crippen molar-refractivity contribution in [3.63, 3.8) is 0 Å². The predicted octanol–water partition coefficient (Wildman–Crippen LogP) is 2.58. The van der Waals surface area contributed by atoms with Gasteiger partial charge in [-0.25, -0.2) is 4.79 Å². The summed E-state index contributed by atoms with van der Waals surface area (Å²) < 4.78 is 10.2. The molecule has 0 aliphatic heterocycles. The van der Waals surface area contributed by atoms with Crippen LogP contribution in [0.1, 0.15) is 21.7 Å². The second-order valence-corrected chi connectivity index (χ2v) is 3.59. The standard InChI is InChI=1S/C13H12O4/c1-16-10-4-2-9(3-5-10)8-12-11(13(14)15)6-7-17-12/h2-7H,8H2,1H3,(H,14,15). The number of carboxylic acids is 1. The second-order valence-electron chi connectivity index (χ2n) is 3.59. The molecule has 2 rings (SSSR count). The minimum absolute atomic E-state index is 0.209. The highest BCUT2D eigenvalue weighted by molar-refractivity contribution is 5.88. The molecule has 0 aliphatic rings. The van der Waals surface area contributed by atoms with E-state index in [9.17, 15) is 4.79 Å². The van der Waals surface area contributed by atoms with Gasteiger partial charge in [0, 0.05) is 6.42 Å². The van der Waals surface area contributed by atoms with Crippen LogP contribution in [-0.2, 0) is 6.42 Å². The number of carboxylic acid groups (broad SMARTS) is 1. The van der Waals surface area contributed by atoms with Crippen molar-refractivity contribution in [1.82, 2.24) is 0 Å². The van der Waals surface area contributed by atoms with Crippen molar-refractivity contribution >= 4 is 5.97 Å². The number of aromatic carboxylic acids is 1. The summed E-state index contributed by atoms with van der Waals surface area (Å²) in [5, 5.41) is 8.93. The van der Waals surface area contributed by atoms with Crippen LogP contribution >= 0.6 is 0 Å². The van der Waals surface area contributed by atoms with Crippen molar-refractivity contribution in [2.75, 3.05) is 7.11 Å². The third kappa shape index (κ3) is 2.47. The van der Waals surface area contributed by atoms with Gasteiger partial charge in [0.1, 0.15) is 17.1 Å². The van der Waals surface area contributed by atoms with Gasteiger partial charge in [-0.3, -0.25) is 0 Å². The molecule has 4 nitrogen and oxygen atoms in total. The Labute approximate surface area is 98.4 Å². The molecule has 88 valence electrons. The van der Waals surface area contributed by atoms with Gasteiger partial charge in [0.25, 0.3) is 0 Å². The number of methoxy groups -OCH3 is 1. The van der Waals surface area contributed by atoms with Crippen LogP contribution in [0, 0.1) is 0 Å². The van der Waals surface area contributed by atoms with Crippen molar-refractivity contribution in [3.05, 3.63) is 53.5 Å². The fraction of sp³-hybridized carbons (Fsp3) is 0.154. The van der Waals surface area contributed by atoms with Gasteiger partial charge in [-0.05, 0) is 23.8 Å². The smallest absolute Gasteiger partial charge is 0.339 e. The van der Waals surface area contributed by atoms with E-state index in [1.807, 2.05) is 24.3 Å². The third-order valence-electron chi connectivity index (χ3n) is 2.50. The number of hydrogen-bond acceptors (Lipinski definition) is 3. The molecular formula is C13H12O4. The molecule has 1 N–H and O–H groups in total. The maximum atomic E-state index is 10.9. The lowest BCUT2D eigenvalue weighted by Gasteiger charge is -2.02. The second kappa shape index (κ2) is 4.74. The summed E-state index contributed by atoms with van der Waals surface area (Å²) in [5.74, 6) is 0.261. The monoisotopic (exact) mass is 232 g/mol. The Balaban J connectivity index is 2.19. The Kier molecular flexibility index (Phi) is 3.14. The van der Waals surface area contributed by atoms with E-state index in [1.54, 1.807) is 7.11 Å². The van der Waals surface area contributed by atoms with E-state index in [0.717, 1.165) is 11.3 Å². The molecule has 0 fully saturated rings. The SMILES string of the molecule is COc1ccc(Cc2occc2C(=O)O)cc1. The van der Waals surface area contributed by atoms with Crippen LogP contribution in [-0.4, -0.2) is 18.2 Å². The predicted molar refractivity (Wildman–Crippen MR) is 61.5 cm³/mol. The zero-order chi connectivity index (χ0) is 12.3. The Morgan fingerprint density at radius 2 is 2.00 bits per heavy atom. The normalized spacial score (nSPS) is 10.2. The molecule has 1 aromatic heterocycles. The average Bonchev–Trinajstić information content (AvgIpc) is 2.78. The number of ether oxygens (including phenoxy) is 1. The van der Waals surface area contributed by atoms with Gasteiger partial charge in [0.2, 0.25) is 0 Å². The Morgan fingerprint density at radius 1 is 1.29 bits per heavy atom. The van der Waals surface area contributed by atoms with Gasteiger partial charge in [-0.15, -0.1) is 0 Å². The Hall–Kier alpha value is -2.23. The number of benzene rings is 1. The molecule has 0 bridgehead atoms. The number of hydrogen-bond donors (Lipinski definition) is 1. The molecule has 2 aromatic rings. The van der Waals surface area contributed by atoms with Crippen molar-refractivity contribution in [2.45, 2.75) is 6.42 Å². The summed E-state index contributed by atoms with van der Waals surface area (Å²) in [6.45, 7) is 0. The fourth-order valence-corrected chi connectivity index (χ4v) is 1.60. The molecule has 4 heteroatoms. The lowest BCUT2D eigenvalue weighted by Crippen LogP contribution is -1.99. The summed E-state index contributed by atoms with van der Waals surface area (Å²) in [5.41, 5.74) is 1.18. The molecule has 0 unspecified atom stereocenters. The highest BCUT2D eigenvalue weighted by atomic mass is 16.5. The van der Waals surface area contributed by atoms with Crippen molar-refractivity contribution in [2.24, 2.45) is 0 Å². The van der Waals surface area contributed by atoms with E-state index in [0.29, 0.717) is 12.2 Å². The quantitative estimate of drug-likeness (QED) is 0.880. The van der Waals surface area contributed by atoms with E-state index < -0.39 is 5.97 Å². The minimum Gasteiger partial charge on any atom is -0.497 e. The molecule has 0 atom stereocenters. The Bertz CT molecular complexity index is 510. The largest absolute Gasteiger partial charge is 0.497 e. The molecule has 0 amide bonds. The van der Waals surface area contributed by atoms with Gasteiger partial charge >= 0.3 is 5.97 Å². The Morgan fingerprint density at radius 3 is 2.59 bits per heavy atom. The van der Waals surface area contributed by atoms with Gasteiger partial charge in [-0.2, -0.15) is 0 Å². The van der Waals surface area contributed by atoms with Crippen LogP contribution in [0.15, 0.2) is 41.0 Å². The molecule has 1 heterocycles. The summed E-state index contributed by atoms with van der Waals surface area (Å²) in [4.78, 5) is 10.9. The van der Waals surface area contributed by atoms with Gasteiger partial charge in [0.05, 0.1) is 13.4 Å². The van der Waals surface area contributed by atoms with E-state index >= 15 is 0 Å². The van der Waals surface area contributed by atoms with Crippen molar-refractivity contribution < 1.29 is 19.1 Å². The molecule has 0 saturated carbocycles. The van der Waals surface area contributed by atoms with E-state index in [4.69, 9.17) is 14.3 Å². The fourth-order valence-electron chi connectivity index (χ4n) is 1.60. The first-order valence-corrected chi connectivity index (χ1v) is 5.13. The zero-order valence-corrected chi connectivity index (χ0v) is 9.34. The van der Waals surface area contributed by atoms with Crippen LogP contribution < -0.4 is 4.74 Å². The first-order valence-electron chi connectivity index (χ1n) is 5.13. The summed E-state index contributed by atoms with van der Waals surface area (Å²) in [7, 11) is 1.60. The van der Waals surface area contributed by atoms with Crippen LogP contribution in [0.3, 0.4) is 0 Å². The topological polar surface area (TPSA) is 59.7 Å². The van der Waals surface area contributed by atoms with Crippen molar-refractivity contribution in [1.29, 1.82) is 0 Å².